The fraction of sp³-hybridized carbons (Fsp3) is 0.108. The molecule has 7 aromatic rings. The van der Waals surface area contributed by atoms with Crippen molar-refractivity contribution in [2.45, 2.75) is 26.2 Å². The van der Waals surface area contributed by atoms with Crippen LogP contribution in [0.4, 0.5) is 0 Å². The maximum atomic E-state index is 4.92. The van der Waals surface area contributed by atoms with E-state index < -0.39 is 0 Å². The van der Waals surface area contributed by atoms with Crippen LogP contribution < -0.4 is 0 Å². The highest BCUT2D eigenvalue weighted by Crippen LogP contribution is 2.52. The summed E-state index contributed by atoms with van der Waals surface area (Å²) in [6.45, 7) is 6.87. The van der Waals surface area contributed by atoms with Gasteiger partial charge in [0.15, 0.2) is 0 Å². The third-order valence-electron chi connectivity index (χ3n) is 8.81. The lowest BCUT2D eigenvalue weighted by Crippen LogP contribution is -2.14. The van der Waals surface area contributed by atoms with Gasteiger partial charge in [-0.2, -0.15) is 0 Å². The molecule has 0 radical (unpaired) electrons. The van der Waals surface area contributed by atoms with E-state index in [4.69, 9.17) is 4.98 Å². The lowest BCUT2D eigenvalue weighted by Gasteiger charge is -2.22. The van der Waals surface area contributed by atoms with E-state index >= 15 is 0 Å². The van der Waals surface area contributed by atoms with Crippen LogP contribution in [-0.4, -0.2) is 4.98 Å². The minimum absolute atomic E-state index is 0.0765. The molecule has 1 aliphatic rings. The molecule has 1 heteroatoms. The van der Waals surface area contributed by atoms with Crippen molar-refractivity contribution in [3.8, 4) is 22.4 Å². The average Bonchev–Trinajstić information content (AvgIpc) is 3.18. The van der Waals surface area contributed by atoms with E-state index in [-0.39, 0.29) is 5.41 Å². The van der Waals surface area contributed by atoms with Crippen molar-refractivity contribution in [3.05, 3.63) is 126 Å². The predicted octanol–water partition coefficient (Wildman–Crippen LogP) is 9.98. The van der Waals surface area contributed by atoms with Crippen molar-refractivity contribution >= 4 is 43.1 Å². The van der Waals surface area contributed by atoms with E-state index in [2.05, 4.69) is 124 Å². The number of rotatable bonds is 1. The molecule has 0 saturated heterocycles. The second-order valence-corrected chi connectivity index (χ2v) is 11.3. The van der Waals surface area contributed by atoms with Gasteiger partial charge in [-0.15, -0.1) is 0 Å². The van der Waals surface area contributed by atoms with Crippen LogP contribution in [0.25, 0.3) is 65.5 Å². The van der Waals surface area contributed by atoms with Crippen LogP contribution in [0.15, 0.2) is 109 Å². The highest BCUT2D eigenvalue weighted by atomic mass is 14.7. The summed E-state index contributed by atoms with van der Waals surface area (Å²) < 4.78 is 0. The maximum Gasteiger partial charge on any atom is 0.0780 e. The molecule has 0 N–H and O–H groups in total. The molecule has 8 rings (SSSR count). The first kappa shape index (κ1) is 21.6. The van der Waals surface area contributed by atoms with Gasteiger partial charge in [0.1, 0.15) is 0 Å². The van der Waals surface area contributed by atoms with Gasteiger partial charge >= 0.3 is 0 Å². The van der Waals surface area contributed by atoms with Crippen LogP contribution in [0.1, 0.15) is 30.5 Å². The van der Waals surface area contributed by atoms with Crippen molar-refractivity contribution in [2.75, 3.05) is 0 Å². The van der Waals surface area contributed by atoms with Crippen LogP contribution in [-0.2, 0) is 5.41 Å². The van der Waals surface area contributed by atoms with E-state index in [1.54, 1.807) is 0 Å². The van der Waals surface area contributed by atoms with Crippen LogP contribution in [0, 0.1) is 6.92 Å². The smallest absolute Gasteiger partial charge is 0.0780 e. The number of hydrogen-bond donors (Lipinski definition) is 0. The van der Waals surface area contributed by atoms with E-state index in [1.807, 2.05) is 6.20 Å². The third kappa shape index (κ3) is 2.79. The van der Waals surface area contributed by atoms with E-state index in [0.29, 0.717) is 0 Å². The number of aromatic nitrogens is 1. The Morgan fingerprint density at radius 1 is 0.500 bits per heavy atom. The Morgan fingerprint density at radius 2 is 1.03 bits per heavy atom. The van der Waals surface area contributed by atoms with Gasteiger partial charge in [-0.05, 0) is 90.6 Å². The fourth-order valence-corrected chi connectivity index (χ4v) is 6.86. The molecular weight excluding hydrogens is 458 g/mol. The van der Waals surface area contributed by atoms with Gasteiger partial charge < -0.3 is 0 Å². The number of fused-ring (bicyclic) bond motifs is 10. The van der Waals surface area contributed by atoms with E-state index in [9.17, 15) is 0 Å². The second kappa shape index (κ2) is 7.52. The van der Waals surface area contributed by atoms with Gasteiger partial charge in [0, 0.05) is 22.6 Å². The summed E-state index contributed by atoms with van der Waals surface area (Å²) in [6.07, 6.45) is 2.01. The number of nitrogens with zero attached hydrogens (tertiary/aromatic N) is 1. The highest BCUT2D eigenvalue weighted by molar-refractivity contribution is 6.26. The molecule has 0 aliphatic heterocycles. The van der Waals surface area contributed by atoms with Gasteiger partial charge in [-0.25, -0.2) is 0 Å². The number of aryl methyl sites for hydroxylation is 1. The van der Waals surface area contributed by atoms with Gasteiger partial charge in [-0.3, -0.25) is 4.98 Å². The Hall–Kier alpha value is -4.49. The third-order valence-corrected chi connectivity index (χ3v) is 8.81. The summed E-state index contributed by atoms with van der Waals surface area (Å²) in [7, 11) is 0. The Balaban J connectivity index is 1.45. The summed E-state index contributed by atoms with van der Waals surface area (Å²) in [4.78, 5) is 4.92. The van der Waals surface area contributed by atoms with Crippen molar-refractivity contribution in [1.29, 1.82) is 0 Å². The van der Waals surface area contributed by atoms with Gasteiger partial charge in [0.25, 0.3) is 0 Å². The monoisotopic (exact) mass is 485 g/mol. The first-order valence-corrected chi connectivity index (χ1v) is 13.4. The molecule has 0 fully saturated rings. The number of hydrogen-bond acceptors (Lipinski definition) is 1. The maximum absolute atomic E-state index is 4.92. The normalized spacial score (nSPS) is 13.9. The van der Waals surface area contributed by atoms with Gasteiger partial charge in [0.05, 0.1) is 5.69 Å². The van der Waals surface area contributed by atoms with E-state index in [1.165, 1.54) is 76.5 Å². The first-order valence-electron chi connectivity index (χ1n) is 13.4. The molecule has 38 heavy (non-hydrogen) atoms. The summed E-state index contributed by atoms with van der Waals surface area (Å²) in [6, 6.07) is 38.2. The molecule has 6 aromatic carbocycles. The van der Waals surface area contributed by atoms with Gasteiger partial charge in [-0.1, -0.05) is 98.8 Å². The predicted molar refractivity (Wildman–Crippen MR) is 162 cm³/mol. The second-order valence-electron chi connectivity index (χ2n) is 11.3. The van der Waals surface area contributed by atoms with Gasteiger partial charge in [0.2, 0.25) is 0 Å². The SMILES string of the molecule is Cc1cnc(-c2ccc3c(c2)-c2cc4c5ccccc5c5ccccc5c4cc2C3(C)C)c2ccccc12. The zero-order chi connectivity index (χ0) is 25.6. The molecule has 1 nitrogen and oxygen atoms in total. The Labute approximate surface area is 222 Å². The lowest BCUT2D eigenvalue weighted by atomic mass is 9.81. The minimum atomic E-state index is -0.0765. The Bertz CT molecular complexity index is 2110. The minimum Gasteiger partial charge on any atom is -0.255 e. The van der Waals surface area contributed by atoms with Crippen LogP contribution in [0.3, 0.4) is 0 Å². The summed E-state index contributed by atoms with van der Waals surface area (Å²) in [5, 5.41) is 10.4. The molecule has 1 aromatic heterocycles. The molecule has 0 bridgehead atoms. The highest BCUT2D eigenvalue weighted by Gasteiger charge is 2.36. The van der Waals surface area contributed by atoms with Crippen LogP contribution in [0.5, 0.6) is 0 Å². The molecule has 1 aliphatic carbocycles. The quantitative estimate of drug-likeness (QED) is 0.211. The number of pyridine rings is 1. The zero-order valence-corrected chi connectivity index (χ0v) is 21.8. The standard InChI is InChI=1S/C37H27N/c1-22-21-38-36(29-15-9-4-10-24(22)29)23-16-17-34-32(18-23)33-19-30-27-13-7-5-11-25(27)26-12-6-8-14-28(26)31(30)20-35(33)37(34,2)3/h4-21H,1-3H3. The molecule has 0 saturated carbocycles. The molecule has 0 amide bonds. The molecule has 1 heterocycles. The molecule has 0 unspecified atom stereocenters. The van der Waals surface area contributed by atoms with Crippen molar-refractivity contribution in [1.82, 2.24) is 4.98 Å². The first-order chi connectivity index (χ1) is 18.5. The average molecular weight is 486 g/mol. The van der Waals surface area contributed by atoms with E-state index in [0.717, 1.165) is 5.69 Å². The van der Waals surface area contributed by atoms with Crippen LogP contribution >= 0.6 is 0 Å². The van der Waals surface area contributed by atoms with Crippen molar-refractivity contribution in [3.63, 3.8) is 0 Å². The molecule has 0 atom stereocenters. The zero-order valence-electron chi connectivity index (χ0n) is 21.8. The topological polar surface area (TPSA) is 12.9 Å². The molecule has 180 valence electrons. The molecular formula is C37H27N. The van der Waals surface area contributed by atoms with Crippen molar-refractivity contribution in [2.24, 2.45) is 0 Å². The summed E-state index contributed by atoms with van der Waals surface area (Å²) in [5.74, 6) is 0. The van der Waals surface area contributed by atoms with Crippen LogP contribution in [0.2, 0.25) is 0 Å². The lowest BCUT2D eigenvalue weighted by molar-refractivity contribution is 0.661. The summed E-state index contributed by atoms with van der Waals surface area (Å²) >= 11 is 0. The summed E-state index contributed by atoms with van der Waals surface area (Å²) in [5.41, 5.74) is 8.82. The number of benzene rings is 6. The Kier molecular flexibility index (Phi) is 4.27. The largest absolute Gasteiger partial charge is 0.255 e. The fourth-order valence-electron chi connectivity index (χ4n) is 6.86. The molecule has 0 spiro atoms. The van der Waals surface area contributed by atoms with Crippen molar-refractivity contribution < 1.29 is 0 Å². The Morgan fingerprint density at radius 3 is 1.68 bits per heavy atom.